The summed E-state index contributed by atoms with van der Waals surface area (Å²) >= 11 is 0. The van der Waals surface area contributed by atoms with Crippen molar-refractivity contribution in [1.29, 1.82) is 0 Å². The zero-order chi connectivity index (χ0) is 26.6. The summed E-state index contributed by atoms with van der Waals surface area (Å²) in [7, 11) is 4.23. The van der Waals surface area contributed by atoms with E-state index in [0.717, 1.165) is 13.1 Å². The van der Waals surface area contributed by atoms with Gasteiger partial charge in [-0.05, 0) is 40.4 Å². The summed E-state index contributed by atoms with van der Waals surface area (Å²) in [6.07, 6.45) is -10.2. The lowest BCUT2D eigenvalue weighted by molar-refractivity contribution is -0.193. The molecular formula is C20H30F6N2O5. The molecule has 0 saturated carbocycles. The van der Waals surface area contributed by atoms with Gasteiger partial charge in [0.05, 0.1) is 6.61 Å². The molecule has 1 aromatic rings. The van der Waals surface area contributed by atoms with Crippen LogP contribution in [0.2, 0.25) is 0 Å². The third-order valence-electron chi connectivity index (χ3n) is 4.10. The Kier molecular flexibility index (Phi) is 14.6. The van der Waals surface area contributed by atoms with Gasteiger partial charge in [0.2, 0.25) is 0 Å². The van der Waals surface area contributed by atoms with Gasteiger partial charge in [-0.15, -0.1) is 0 Å². The number of aliphatic hydroxyl groups excluding tert-OH is 1. The van der Waals surface area contributed by atoms with Crippen LogP contribution < -0.4 is 0 Å². The van der Waals surface area contributed by atoms with E-state index >= 15 is 0 Å². The van der Waals surface area contributed by atoms with Crippen LogP contribution in [0, 0.1) is 6.92 Å². The van der Waals surface area contributed by atoms with Gasteiger partial charge in [-0.3, -0.25) is 4.90 Å². The number of carboxylic acid groups (broad SMARTS) is 2. The Morgan fingerprint density at radius 3 is 1.52 bits per heavy atom. The Bertz CT molecular complexity index is 682. The second-order valence-corrected chi connectivity index (χ2v) is 7.31. The molecule has 0 spiro atoms. The van der Waals surface area contributed by atoms with Gasteiger partial charge in [-0.1, -0.05) is 29.8 Å². The van der Waals surface area contributed by atoms with Crippen LogP contribution in [0.5, 0.6) is 0 Å². The van der Waals surface area contributed by atoms with Crippen molar-refractivity contribution in [3.8, 4) is 0 Å². The van der Waals surface area contributed by atoms with Crippen LogP contribution in [-0.2, 0) is 9.59 Å². The Morgan fingerprint density at radius 2 is 1.27 bits per heavy atom. The largest absolute Gasteiger partial charge is 0.490 e. The molecule has 1 aromatic carbocycles. The van der Waals surface area contributed by atoms with Gasteiger partial charge in [-0.2, -0.15) is 26.3 Å². The lowest BCUT2D eigenvalue weighted by atomic mass is 10.0. The van der Waals surface area contributed by atoms with Crippen molar-refractivity contribution in [2.24, 2.45) is 0 Å². The van der Waals surface area contributed by atoms with E-state index < -0.39 is 24.3 Å². The van der Waals surface area contributed by atoms with Crippen molar-refractivity contribution in [2.45, 2.75) is 45.2 Å². The molecule has 0 bridgehead atoms. The Hall–Kier alpha value is -2.38. The maximum atomic E-state index is 10.6. The van der Waals surface area contributed by atoms with Crippen molar-refractivity contribution in [3.63, 3.8) is 0 Å². The van der Waals surface area contributed by atoms with Crippen LogP contribution in [0.25, 0.3) is 0 Å². The Balaban J connectivity index is 0. The van der Waals surface area contributed by atoms with Gasteiger partial charge in [0, 0.05) is 25.2 Å². The molecule has 0 saturated heterocycles. The second-order valence-electron chi connectivity index (χ2n) is 7.31. The number of halogens is 6. The monoisotopic (exact) mass is 492 g/mol. The number of carbonyl (C=O) groups is 2. The van der Waals surface area contributed by atoms with E-state index in [9.17, 15) is 31.4 Å². The molecular weight excluding hydrogens is 462 g/mol. The average molecular weight is 492 g/mol. The minimum atomic E-state index is -5.08. The van der Waals surface area contributed by atoms with Crippen molar-refractivity contribution in [2.75, 3.05) is 33.8 Å². The number of aliphatic carboxylic acids is 2. The molecule has 0 amide bonds. The third-order valence-corrected chi connectivity index (χ3v) is 4.10. The van der Waals surface area contributed by atoms with Crippen LogP contribution in [0.1, 0.15) is 31.0 Å². The van der Waals surface area contributed by atoms with Crippen LogP contribution in [0.4, 0.5) is 26.3 Å². The van der Waals surface area contributed by atoms with E-state index in [-0.39, 0.29) is 6.61 Å². The van der Waals surface area contributed by atoms with Gasteiger partial charge in [-0.25, -0.2) is 9.59 Å². The van der Waals surface area contributed by atoms with Crippen LogP contribution in [-0.4, -0.2) is 89.2 Å². The fourth-order valence-corrected chi connectivity index (χ4v) is 2.27. The van der Waals surface area contributed by atoms with E-state index in [1.54, 1.807) is 0 Å². The quantitative estimate of drug-likeness (QED) is 0.501. The zero-order valence-corrected chi connectivity index (χ0v) is 18.9. The second kappa shape index (κ2) is 14.7. The normalized spacial score (nSPS) is 12.6. The highest BCUT2D eigenvalue weighted by molar-refractivity contribution is 5.73. The standard InChI is InChI=1S/C16H28N2O.2C2HF3O2/c1-13(2)18(10-11-19)12-16(17(4)5)15-8-6-14(3)7-9-15;2*3-2(4,5)1(6)7/h6-9,13,16,19H,10-12H2,1-5H3;2*(H,6,7). The van der Waals surface area contributed by atoms with E-state index in [2.05, 4.69) is 68.9 Å². The molecule has 13 heteroatoms. The molecule has 3 N–H and O–H groups in total. The molecule has 1 atom stereocenters. The number of alkyl halides is 6. The number of hydrogen-bond donors (Lipinski definition) is 3. The maximum Gasteiger partial charge on any atom is 0.490 e. The summed E-state index contributed by atoms with van der Waals surface area (Å²) in [5, 5.41) is 23.4. The minimum Gasteiger partial charge on any atom is -0.475 e. The third kappa shape index (κ3) is 15.1. The lowest BCUT2D eigenvalue weighted by Crippen LogP contribution is -2.40. The maximum absolute atomic E-state index is 10.6. The zero-order valence-electron chi connectivity index (χ0n) is 18.9. The molecule has 0 radical (unpaired) electrons. The molecule has 33 heavy (non-hydrogen) atoms. The number of aliphatic hydroxyl groups is 1. The average Bonchev–Trinajstić information content (AvgIpc) is 2.65. The summed E-state index contributed by atoms with van der Waals surface area (Å²) in [6.45, 7) is 8.35. The summed E-state index contributed by atoms with van der Waals surface area (Å²) in [5.74, 6) is -5.51. The number of rotatable bonds is 7. The fraction of sp³-hybridized carbons (Fsp3) is 0.600. The highest BCUT2D eigenvalue weighted by atomic mass is 19.4. The number of likely N-dealkylation sites (N-methyl/N-ethyl adjacent to an activating group) is 1. The predicted octanol–water partition coefficient (Wildman–Crippen LogP) is 3.57. The van der Waals surface area contributed by atoms with Crippen molar-refractivity contribution < 1.29 is 51.3 Å². The molecule has 0 aromatic heterocycles. The molecule has 0 aliphatic carbocycles. The molecule has 1 unspecified atom stereocenters. The van der Waals surface area contributed by atoms with Gasteiger partial charge < -0.3 is 20.2 Å². The molecule has 0 heterocycles. The minimum absolute atomic E-state index is 0.215. The first-order valence-corrected chi connectivity index (χ1v) is 9.52. The Labute approximate surface area is 188 Å². The molecule has 0 aliphatic heterocycles. The molecule has 7 nitrogen and oxygen atoms in total. The lowest BCUT2D eigenvalue weighted by Gasteiger charge is -2.33. The molecule has 192 valence electrons. The van der Waals surface area contributed by atoms with E-state index in [1.807, 2.05) is 0 Å². The molecule has 1 rings (SSSR count). The van der Waals surface area contributed by atoms with Crippen molar-refractivity contribution in [3.05, 3.63) is 35.4 Å². The fourth-order valence-electron chi connectivity index (χ4n) is 2.27. The highest BCUT2D eigenvalue weighted by Crippen LogP contribution is 2.21. The van der Waals surface area contributed by atoms with Gasteiger partial charge >= 0.3 is 24.3 Å². The Morgan fingerprint density at radius 1 is 0.909 bits per heavy atom. The number of aryl methyl sites for hydroxylation is 1. The number of carboxylic acids is 2. The van der Waals surface area contributed by atoms with Gasteiger partial charge in [0.1, 0.15) is 0 Å². The smallest absolute Gasteiger partial charge is 0.475 e. The summed E-state index contributed by atoms with van der Waals surface area (Å²) in [6, 6.07) is 9.54. The van der Waals surface area contributed by atoms with E-state index in [0.29, 0.717) is 12.1 Å². The van der Waals surface area contributed by atoms with Gasteiger partial charge in [0.15, 0.2) is 0 Å². The predicted molar refractivity (Wildman–Crippen MR) is 109 cm³/mol. The van der Waals surface area contributed by atoms with Crippen molar-refractivity contribution in [1.82, 2.24) is 9.80 Å². The number of benzene rings is 1. The van der Waals surface area contributed by atoms with Crippen LogP contribution in [0.15, 0.2) is 24.3 Å². The van der Waals surface area contributed by atoms with E-state index in [1.165, 1.54) is 11.1 Å². The summed E-state index contributed by atoms with van der Waals surface area (Å²) < 4.78 is 63.5. The number of nitrogens with zero attached hydrogens (tertiary/aromatic N) is 2. The van der Waals surface area contributed by atoms with Crippen LogP contribution in [0.3, 0.4) is 0 Å². The highest BCUT2D eigenvalue weighted by Gasteiger charge is 2.38. The first kappa shape index (κ1) is 32.8. The van der Waals surface area contributed by atoms with E-state index in [4.69, 9.17) is 19.8 Å². The SMILES string of the molecule is Cc1ccc(C(CN(CCO)C(C)C)N(C)C)cc1.O=C(O)C(F)(F)F.O=C(O)C(F)(F)F. The molecule has 0 fully saturated rings. The first-order chi connectivity index (χ1) is 14.8. The topological polar surface area (TPSA) is 101 Å². The van der Waals surface area contributed by atoms with Crippen LogP contribution >= 0.6 is 0 Å². The van der Waals surface area contributed by atoms with Crippen molar-refractivity contribution >= 4 is 11.9 Å². The molecule has 0 aliphatic rings. The first-order valence-electron chi connectivity index (χ1n) is 9.52. The summed E-state index contributed by atoms with van der Waals surface area (Å²) in [4.78, 5) is 22.4. The summed E-state index contributed by atoms with van der Waals surface area (Å²) in [5.41, 5.74) is 2.62. The van der Waals surface area contributed by atoms with Gasteiger partial charge in [0.25, 0.3) is 0 Å². The number of hydrogen-bond acceptors (Lipinski definition) is 5.